The average molecular weight is 274 g/mol. The minimum Gasteiger partial charge on any atom is -0.309 e. The molecule has 1 N–H and O–H groups in total. The molecule has 112 valence electrons. The zero-order valence-corrected chi connectivity index (χ0v) is 13.3. The van der Waals surface area contributed by atoms with Crippen LogP contribution in [0.25, 0.3) is 0 Å². The summed E-state index contributed by atoms with van der Waals surface area (Å²) in [6.07, 6.45) is 3.91. The first-order valence-electron chi connectivity index (χ1n) is 8.32. The van der Waals surface area contributed by atoms with Crippen molar-refractivity contribution in [2.45, 2.75) is 52.1 Å². The molecule has 0 spiro atoms. The predicted octanol–water partition coefficient (Wildman–Crippen LogP) is 3.85. The van der Waals surface area contributed by atoms with Crippen molar-refractivity contribution in [2.75, 3.05) is 19.6 Å². The largest absolute Gasteiger partial charge is 0.309 e. The van der Waals surface area contributed by atoms with Gasteiger partial charge in [0.25, 0.3) is 0 Å². The zero-order valence-electron chi connectivity index (χ0n) is 13.3. The molecule has 3 unspecified atom stereocenters. The molecule has 1 aromatic rings. The van der Waals surface area contributed by atoms with E-state index in [1.807, 2.05) is 0 Å². The maximum Gasteiger partial charge on any atom is 0.0477 e. The lowest BCUT2D eigenvalue weighted by Crippen LogP contribution is -2.43. The third kappa shape index (κ3) is 3.62. The second-order valence-corrected chi connectivity index (χ2v) is 5.98. The fourth-order valence-electron chi connectivity index (χ4n) is 3.56. The van der Waals surface area contributed by atoms with E-state index in [4.69, 9.17) is 0 Å². The van der Waals surface area contributed by atoms with Gasteiger partial charge in [-0.2, -0.15) is 0 Å². The summed E-state index contributed by atoms with van der Waals surface area (Å²) in [5.74, 6) is 0.905. The van der Waals surface area contributed by atoms with Crippen LogP contribution in [-0.4, -0.2) is 30.6 Å². The highest BCUT2D eigenvalue weighted by atomic mass is 15.2. The molecule has 1 heterocycles. The van der Waals surface area contributed by atoms with Crippen LogP contribution in [0.4, 0.5) is 0 Å². The first-order valence-corrected chi connectivity index (χ1v) is 8.32. The molecule has 0 aromatic heterocycles. The second kappa shape index (κ2) is 7.80. The summed E-state index contributed by atoms with van der Waals surface area (Å²) in [5.41, 5.74) is 1.43. The van der Waals surface area contributed by atoms with Gasteiger partial charge in [0.05, 0.1) is 0 Å². The van der Waals surface area contributed by atoms with Crippen molar-refractivity contribution in [3.8, 4) is 0 Å². The standard InChI is InChI=1S/C18H30N2/c1-4-15-12-13-20(14-15)17(5-2)18(19-6-3)16-10-8-7-9-11-16/h7-11,15,17-19H,4-6,12-14H2,1-3H3. The quantitative estimate of drug-likeness (QED) is 0.812. The number of likely N-dealkylation sites (tertiary alicyclic amines) is 1. The van der Waals surface area contributed by atoms with Gasteiger partial charge in [0.2, 0.25) is 0 Å². The smallest absolute Gasteiger partial charge is 0.0477 e. The van der Waals surface area contributed by atoms with Crippen LogP contribution < -0.4 is 5.32 Å². The molecule has 20 heavy (non-hydrogen) atoms. The molecular weight excluding hydrogens is 244 g/mol. The van der Waals surface area contributed by atoms with Crippen molar-refractivity contribution in [3.63, 3.8) is 0 Å². The Balaban J connectivity index is 2.13. The third-order valence-electron chi connectivity index (χ3n) is 4.75. The van der Waals surface area contributed by atoms with E-state index in [1.165, 1.54) is 37.9 Å². The van der Waals surface area contributed by atoms with E-state index in [2.05, 4.69) is 61.3 Å². The molecule has 0 aliphatic carbocycles. The van der Waals surface area contributed by atoms with Crippen LogP contribution in [0.1, 0.15) is 51.6 Å². The highest BCUT2D eigenvalue weighted by Crippen LogP contribution is 2.29. The lowest BCUT2D eigenvalue weighted by Gasteiger charge is -2.35. The topological polar surface area (TPSA) is 15.3 Å². The van der Waals surface area contributed by atoms with E-state index in [1.54, 1.807) is 0 Å². The van der Waals surface area contributed by atoms with E-state index >= 15 is 0 Å². The molecule has 3 atom stereocenters. The molecule has 2 heteroatoms. The average Bonchev–Trinajstić information content (AvgIpc) is 2.97. The summed E-state index contributed by atoms with van der Waals surface area (Å²) in [6.45, 7) is 10.4. The van der Waals surface area contributed by atoms with E-state index < -0.39 is 0 Å². The van der Waals surface area contributed by atoms with Gasteiger partial charge in [-0.25, -0.2) is 0 Å². The molecule has 2 rings (SSSR count). The molecule has 1 aromatic carbocycles. The van der Waals surface area contributed by atoms with E-state index in [0.29, 0.717) is 12.1 Å². The summed E-state index contributed by atoms with van der Waals surface area (Å²) < 4.78 is 0. The number of likely N-dealkylation sites (N-methyl/N-ethyl adjacent to an activating group) is 1. The van der Waals surface area contributed by atoms with Crippen LogP contribution in [-0.2, 0) is 0 Å². The van der Waals surface area contributed by atoms with Gasteiger partial charge in [0, 0.05) is 18.6 Å². The summed E-state index contributed by atoms with van der Waals surface area (Å²) >= 11 is 0. The molecule has 0 bridgehead atoms. The van der Waals surface area contributed by atoms with Crippen molar-refractivity contribution < 1.29 is 0 Å². The Morgan fingerprint density at radius 3 is 2.50 bits per heavy atom. The van der Waals surface area contributed by atoms with Crippen molar-refractivity contribution in [3.05, 3.63) is 35.9 Å². The maximum absolute atomic E-state index is 3.72. The van der Waals surface area contributed by atoms with Gasteiger partial charge in [-0.15, -0.1) is 0 Å². The third-order valence-corrected chi connectivity index (χ3v) is 4.75. The molecule has 0 radical (unpaired) electrons. The molecule has 1 aliphatic rings. The Morgan fingerprint density at radius 1 is 1.20 bits per heavy atom. The zero-order chi connectivity index (χ0) is 14.4. The molecule has 0 amide bonds. The summed E-state index contributed by atoms with van der Waals surface area (Å²) in [7, 11) is 0. The van der Waals surface area contributed by atoms with Crippen LogP contribution in [0.5, 0.6) is 0 Å². The lowest BCUT2D eigenvalue weighted by molar-refractivity contribution is 0.180. The highest BCUT2D eigenvalue weighted by Gasteiger charge is 2.31. The van der Waals surface area contributed by atoms with Crippen molar-refractivity contribution in [1.29, 1.82) is 0 Å². The van der Waals surface area contributed by atoms with Gasteiger partial charge in [0.15, 0.2) is 0 Å². The SMILES string of the molecule is CCNC(c1ccccc1)C(CC)N1CCC(CC)C1. The normalized spacial score (nSPS) is 22.9. The van der Waals surface area contributed by atoms with E-state index in [-0.39, 0.29) is 0 Å². The maximum atomic E-state index is 3.72. The van der Waals surface area contributed by atoms with Gasteiger partial charge >= 0.3 is 0 Å². The Bertz CT molecular complexity index is 376. The van der Waals surface area contributed by atoms with E-state index in [9.17, 15) is 0 Å². The minimum absolute atomic E-state index is 0.460. The Kier molecular flexibility index (Phi) is 6.06. The molecule has 1 saturated heterocycles. The fourth-order valence-corrected chi connectivity index (χ4v) is 3.56. The van der Waals surface area contributed by atoms with Crippen molar-refractivity contribution >= 4 is 0 Å². The predicted molar refractivity (Wildman–Crippen MR) is 86.9 cm³/mol. The van der Waals surface area contributed by atoms with Crippen LogP contribution >= 0.6 is 0 Å². The number of hydrogen-bond acceptors (Lipinski definition) is 2. The first-order chi connectivity index (χ1) is 9.80. The highest BCUT2D eigenvalue weighted by molar-refractivity contribution is 5.21. The minimum atomic E-state index is 0.460. The molecule has 2 nitrogen and oxygen atoms in total. The Labute approximate surface area is 124 Å². The van der Waals surface area contributed by atoms with Gasteiger partial charge in [-0.05, 0) is 37.4 Å². The number of nitrogens with zero attached hydrogens (tertiary/aromatic N) is 1. The monoisotopic (exact) mass is 274 g/mol. The second-order valence-electron chi connectivity index (χ2n) is 5.98. The Hall–Kier alpha value is -0.860. The molecule has 1 aliphatic heterocycles. The van der Waals surface area contributed by atoms with Gasteiger partial charge in [0.1, 0.15) is 0 Å². The van der Waals surface area contributed by atoms with Crippen molar-refractivity contribution in [2.24, 2.45) is 5.92 Å². The van der Waals surface area contributed by atoms with Crippen LogP contribution in [0.2, 0.25) is 0 Å². The number of benzene rings is 1. The van der Waals surface area contributed by atoms with Crippen molar-refractivity contribution in [1.82, 2.24) is 10.2 Å². The van der Waals surface area contributed by atoms with Crippen LogP contribution in [0.3, 0.4) is 0 Å². The Morgan fingerprint density at radius 2 is 1.95 bits per heavy atom. The fraction of sp³-hybridized carbons (Fsp3) is 0.667. The van der Waals surface area contributed by atoms with Gasteiger partial charge < -0.3 is 5.32 Å². The summed E-state index contributed by atoms with van der Waals surface area (Å²) in [4.78, 5) is 2.72. The molecular formula is C18H30N2. The summed E-state index contributed by atoms with van der Waals surface area (Å²) in [5, 5.41) is 3.72. The van der Waals surface area contributed by atoms with Gasteiger partial charge in [-0.1, -0.05) is 57.5 Å². The number of rotatable bonds is 7. The van der Waals surface area contributed by atoms with Gasteiger partial charge in [-0.3, -0.25) is 4.90 Å². The van der Waals surface area contributed by atoms with Crippen LogP contribution in [0, 0.1) is 5.92 Å². The van der Waals surface area contributed by atoms with E-state index in [0.717, 1.165) is 12.5 Å². The number of nitrogens with one attached hydrogen (secondary N) is 1. The molecule has 1 fully saturated rings. The van der Waals surface area contributed by atoms with Crippen LogP contribution in [0.15, 0.2) is 30.3 Å². The molecule has 0 saturated carbocycles. The number of hydrogen-bond donors (Lipinski definition) is 1. The lowest BCUT2D eigenvalue weighted by atomic mass is 9.96. The first kappa shape index (κ1) is 15.5. The summed E-state index contributed by atoms with van der Waals surface area (Å²) in [6, 6.07) is 12.0.